The second kappa shape index (κ2) is 7.80. The van der Waals surface area contributed by atoms with Gasteiger partial charge in [0.15, 0.2) is 0 Å². The van der Waals surface area contributed by atoms with Gasteiger partial charge in [-0.25, -0.2) is 4.79 Å². The molecule has 0 saturated carbocycles. The van der Waals surface area contributed by atoms with Crippen LogP contribution < -0.4 is 4.74 Å². The summed E-state index contributed by atoms with van der Waals surface area (Å²) < 4.78 is 16.5. The summed E-state index contributed by atoms with van der Waals surface area (Å²) in [6.07, 6.45) is 6.00. The maximum Gasteiger partial charge on any atom is 0.411 e. The van der Waals surface area contributed by atoms with Gasteiger partial charge in [-0.15, -0.1) is 0 Å². The van der Waals surface area contributed by atoms with Crippen LogP contribution >= 0.6 is 0 Å². The number of pyridine rings is 1. The normalized spacial score (nSPS) is 21.4. The third-order valence-corrected chi connectivity index (χ3v) is 4.93. The number of carbonyl (C=O) groups is 1. The Morgan fingerprint density at radius 3 is 2.89 bits per heavy atom. The number of methoxy groups -OCH3 is 1. The minimum Gasteiger partial charge on any atom is -0.495 e. The molecular formula is C21H22N2O4. The van der Waals surface area contributed by atoms with Crippen LogP contribution in [0, 0.1) is 0 Å². The SMILES string of the molecule is COc1cncc(C2=CC3COCC(C2)N3C(=O)OCc2ccccc2)c1. The lowest BCUT2D eigenvalue weighted by molar-refractivity contribution is -0.0342. The van der Waals surface area contributed by atoms with Crippen molar-refractivity contribution >= 4 is 11.7 Å². The third-order valence-electron chi connectivity index (χ3n) is 4.93. The number of hydrogen-bond acceptors (Lipinski definition) is 5. The van der Waals surface area contributed by atoms with Crippen LogP contribution in [0.5, 0.6) is 5.75 Å². The highest BCUT2D eigenvalue weighted by Crippen LogP contribution is 2.33. The van der Waals surface area contributed by atoms with Gasteiger partial charge in [-0.3, -0.25) is 9.88 Å². The number of rotatable bonds is 4. The number of ether oxygens (including phenoxy) is 3. The number of carbonyl (C=O) groups excluding carboxylic acids is 1. The van der Waals surface area contributed by atoms with Crippen molar-refractivity contribution in [2.45, 2.75) is 25.1 Å². The van der Waals surface area contributed by atoms with Crippen LogP contribution in [-0.2, 0) is 16.1 Å². The van der Waals surface area contributed by atoms with Crippen LogP contribution in [0.4, 0.5) is 4.79 Å². The van der Waals surface area contributed by atoms with Crippen LogP contribution in [-0.4, -0.2) is 48.4 Å². The molecule has 6 heteroatoms. The Morgan fingerprint density at radius 1 is 1.26 bits per heavy atom. The van der Waals surface area contributed by atoms with Gasteiger partial charge >= 0.3 is 6.09 Å². The molecular weight excluding hydrogens is 344 g/mol. The van der Waals surface area contributed by atoms with Crippen LogP contribution in [0.2, 0.25) is 0 Å². The van der Waals surface area contributed by atoms with Crippen molar-refractivity contribution in [3.8, 4) is 5.75 Å². The first-order valence-corrected chi connectivity index (χ1v) is 9.01. The van der Waals surface area contributed by atoms with Gasteiger partial charge in [0.25, 0.3) is 0 Å². The summed E-state index contributed by atoms with van der Waals surface area (Å²) in [6, 6.07) is 11.5. The molecule has 2 aliphatic heterocycles. The number of amides is 1. The number of fused-ring (bicyclic) bond motifs is 2. The minimum atomic E-state index is -0.295. The Balaban J connectivity index is 1.50. The molecule has 2 aromatic rings. The van der Waals surface area contributed by atoms with Gasteiger partial charge in [-0.2, -0.15) is 0 Å². The van der Waals surface area contributed by atoms with E-state index in [0.717, 1.165) is 22.4 Å². The van der Waals surface area contributed by atoms with Crippen molar-refractivity contribution in [2.75, 3.05) is 20.3 Å². The quantitative estimate of drug-likeness (QED) is 0.831. The number of benzene rings is 1. The lowest BCUT2D eigenvalue weighted by Crippen LogP contribution is -2.56. The molecule has 3 heterocycles. The van der Waals surface area contributed by atoms with Crippen LogP contribution in [0.25, 0.3) is 5.57 Å². The van der Waals surface area contributed by atoms with Crippen molar-refractivity contribution < 1.29 is 19.0 Å². The molecule has 27 heavy (non-hydrogen) atoms. The predicted molar refractivity (Wildman–Crippen MR) is 100 cm³/mol. The number of nitrogens with zero attached hydrogens (tertiary/aromatic N) is 2. The third kappa shape index (κ3) is 3.80. The van der Waals surface area contributed by atoms with Gasteiger partial charge < -0.3 is 14.2 Å². The van der Waals surface area contributed by atoms with E-state index in [2.05, 4.69) is 11.1 Å². The van der Waals surface area contributed by atoms with Gasteiger partial charge in [-0.1, -0.05) is 36.4 Å². The molecule has 0 spiro atoms. The van der Waals surface area contributed by atoms with Crippen molar-refractivity contribution in [2.24, 2.45) is 0 Å². The molecule has 1 aromatic heterocycles. The first-order chi connectivity index (χ1) is 13.2. The van der Waals surface area contributed by atoms with Gasteiger partial charge in [-0.05, 0) is 29.2 Å². The molecule has 1 saturated heterocycles. The largest absolute Gasteiger partial charge is 0.495 e. The highest BCUT2D eigenvalue weighted by Gasteiger charge is 2.39. The molecule has 2 atom stereocenters. The van der Waals surface area contributed by atoms with Crippen molar-refractivity contribution in [3.63, 3.8) is 0 Å². The fourth-order valence-corrected chi connectivity index (χ4v) is 3.59. The van der Waals surface area contributed by atoms with Crippen molar-refractivity contribution in [1.29, 1.82) is 0 Å². The summed E-state index contributed by atoms with van der Waals surface area (Å²) in [6.45, 7) is 1.25. The Morgan fingerprint density at radius 2 is 2.11 bits per heavy atom. The molecule has 2 unspecified atom stereocenters. The van der Waals surface area contributed by atoms with E-state index in [-0.39, 0.29) is 24.8 Å². The summed E-state index contributed by atoms with van der Waals surface area (Å²) in [7, 11) is 1.63. The Bertz CT molecular complexity index is 837. The summed E-state index contributed by atoms with van der Waals surface area (Å²) in [5, 5.41) is 0. The Labute approximate surface area is 158 Å². The zero-order chi connectivity index (χ0) is 18.6. The molecule has 1 fully saturated rings. The van der Waals surface area contributed by atoms with E-state index >= 15 is 0 Å². The highest BCUT2D eigenvalue weighted by atomic mass is 16.6. The maximum atomic E-state index is 12.7. The first kappa shape index (κ1) is 17.5. The van der Waals surface area contributed by atoms with E-state index in [1.165, 1.54) is 0 Å². The molecule has 1 aromatic carbocycles. The summed E-state index contributed by atoms with van der Waals surface area (Å²) >= 11 is 0. The van der Waals surface area contributed by atoms with E-state index in [1.54, 1.807) is 13.3 Å². The average Bonchev–Trinajstić information content (AvgIpc) is 2.72. The zero-order valence-corrected chi connectivity index (χ0v) is 15.2. The number of hydrogen-bond donors (Lipinski definition) is 0. The maximum absolute atomic E-state index is 12.7. The van der Waals surface area contributed by atoms with Gasteiger partial charge in [0.05, 0.1) is 38.6 Å². The highest BCUT2D eigenvalue weighted by molar-refractivity contribution is 5.74. The zero-order valence-electron chi connectivity index (χ0n) is 15.2. The molecule has 6 nitrogen and oxygen atoms in total. The summed E-state index contributed by atoms with van der Waals surface area (Å²) in [5.74, 6) is 0.722. The van der Waals surface area contributed by atoms with Gasteiger partial charge in [0, 0.05) is 6.20 Å². The van der Waals surface area contributed by atoms with E-state index in [9.17, 15) is 4.79 Å². The topological polar surface area (TPSA) is 60.9 Å². The minimum absolute atomic E-state index is 0.0433. The van der Waals surface area contributed by atoms with Crippen LogP contribution in [0.15, 0.2) is 54.9 Å². The molecule has 2 bridgehead atoms. The molecule has 0 aliphatic carbocycles. The average molecular weight is 366 g/mol. The molecule has 140 valence electrons. The lowest BCUT2D eigenvalue weighted by Gasteiger charge is -2.43. The van der Waals surface area contributed by atoms with Crippen LogP contribution in [0.3, 0.4) is 0 Å². The monoisotopic (exact) mass is 366 g/mol. The van der Waals surface area contributed by atoms with E-state index in [1.807, 2.05) is 47.5 Å². The molecule has 4 rings (SSSR count). The standard InChI is InChI=1S/C21H22N2O4/c1-25-20-9-17(10-22-11-20)16-7-18-13-26-14-19(8-16)23(18)21(24)27-12-15-5-3-2-4-6-15/h2-7,9-11,18-19H,8,12-14H2,1H3. The van der Waals surface area contributed by atoms with Crippen LogP contribution in [0.1, 0.15) is 17.5 Å². The fourth-order valence-electron chi connectivity index (χ4n) is 3.59. The molecule has 0 radical (unpaired) electrons. The number of aromatic nitrogens is 1. The summed E-state index contributed by atoms with van der Waals surface area (Å²) in [4.78, 5) is 18.8. The Hall–Kier alpha value is -2.86. The fraction of sp³-hybridized carbons (Fsp3) is 0.333. The van der Waals surface area contributed by atoms with Crippen molar-refractivity contribution in [1.82, 2.24) is 9.88 Å². The Kier molecular flexibility index (Phi) is 5.07. The molecule has 2 aliphatic rings. The predicted octanol–water partition coefficient (Wildman–Crippen LogP) is 3.28. The van der Waals surface area contributed by atoms with Gasteiger partial charge in [0.2, 0.25) is 0 Å². The second-order valence-electron chi connectivity index (χ2n) is 6.72. The second-order valence-corrected chi connectivity index (χ2v) is 6.72. The van der Waals surface area contributed by atoms with Gasteiger partial charge in [0.1, 0.15) is 12.4 Å². The smallest absolute Gasteiger partial charge is 0.411 e. The van der Waals surface area contributed by atoms with Crippen molar-refractivity contribution in [3.05, 3.63) is 66.0 Å². The summed E-state index contributed by atoms with van der Waals surface area (Å²) in [5.41, 5.74) is 3.15. The first-order valence-electron chi connectivity index (χ1n) is 9.01. The lowest BCUT2D eigenvalue weighted by atomic mass is 9.91. The van der Waals surface area contributed by atoms with E-state index in [0.29, 0.717) is 19.6 Å². The molecule has 0 N–H and O–H groups in total. The number of morpholine rings is 1. The molecule has 1 amide bonds. The van der Waals surface area contributed by atoms with E-state index < -0.39 is 0 Å². The van der Waals surface area contributed by atoms with E-state index in [4.69, 9.17) is 14.2 Å².